The molecule has 0 aliphatic carbocycles. The average molecular weight is 818 g/mol. The predicted molar refractivity (Wildman–Crippen MR) is 149 cm³/mol. The Kier molecular flexibility index (Phi) is 12.5. The van der Waals surface area contributed by atoms with E-state index in [2.05, 4.69) is 34.2 Å². The van der Waals surface area contributed by atoms with Crippen LogP contribution in [0.3, 0.4) is 0 Å². The first-order valence-corrected chi connectivity index (χ1v) is 13.1. The standard InChI is InChI=1S/C11H8F3N2.C11H9F2N2.C10H7F2N2.Ir/c1-7-6-9(11(12,13)14)16-10(7)8-4-2-3-5-15-8;1-14-5-2-6-15(14)8-9-3-4-10(12)7-11(9)13;11-9-3-2-8(10(12)6-9)7-14-5-1-4-13-14;/h2-6H,1H3;2,4-7H,1,8H2;1,3-6H,7H2;/q3*-1;. The van der Waals surface area contributed by atoms with E-state index >= 15 is 0 Å². The van der Waals surface area contributed by atoms with Crippen molar-refractivity contribution in [3.8, 4) is 11.4 Å². The third-order valence-electron chi connectivity index (χ3n) is 6.08. The minimum Gasteiger partial charge on any atom is -0.652 e. The Labute approximate surface area is 273 Å². The van der Waals surface area contributed by atoms with Gasteiger partial charge in [0.2, 0.25) is 0 Å². The summed E-state index contributed by atoms with van der Waals surface area (Å²) in [6.45, 7) is 2.13. The second-order valence-electron chi connectivity index (χ2n) is 9.41. The number of alkyl halides is 3. The fourth-order valence-electron chi connectivity index (χ4n) is 3.88. The zero-order chi connectivity index (χ0) is 32.6. The van der Waals surface area contributed by atoms with Gasteiger partial charge in [-0.15, -0.1) is 41.1 Å². The van der Waals surface area contributed by atoms with Crippen LogP contribution in [-0.4, -0.2) is 19.4 Å². The van der Waals surface area contributed by atoms with Gasteiger partial charge in [-0.1, -0.05) is 29.5 Å². The minimum atomic E-state index is -4.40. The van der Waals surface area contributed by atoms with E-state index in [1.807, 2.05) is 0 Å². The Bertz CT molecular complexity index is 1820. The number of aromatic nitrogens is 6. The van der Waals surface area contributed by atoms with Crippen molar-refractivity contribution in [2.24, 2.45) is 0 Å². The van der Waals surface area contributed by atoms with Crippen molar-refractivity contribution < 1.29 is 55.5 Å². The van der Waals surface area contributed by atoms with Gasteiger partial charge in [0.05, 0.1) is 12.7 Å². The molecule has 0 amide bonds. The van der Waals surface area contributed by atoms with E-state index in [1.54, 1.807) is 76.1 Å². The molecule has 243 valence electrons. The summed E-state index contributed by atoms with van der Waals surface area (Å²) in [4.78, 5) is 7.54. The molecule has 6 aromatic rings. The Morgan fingerprint density at radius 1 is 0.870 bits per heavy atom. The molecule has 1 radical (unpaired) electrons. The van der Waals surface area contributed by atoms with Crippen molar-refractivity contribution in [2.45, 2.75) is 26.2 Å². The molecule has 0 spiro atoms. The van der Waals surface area contributed by atoms with Gasteiger partial charge in [-0.2, -0.15) is 35.1 Å². The summed E-state index contributed by atoms with van der Waals surface area (Å²) >= 11 is 0. The summed E-state index contributed by atoms with van der Waals surface area (Å²) < 4.78 is 93.6. The first kappa shape index (κ1) is 35.8. The Morgan fingerprint density at radius 3 is 2.00 bits per heavy atom. The van der Waals surface area contributed by atoms with Crippen LogP contribution < -0.4 is 9.67 Å². The molecule has 4 heterocycles. The number of benzene rings is 2. The molecule has 0 fully saturated rings. The van der Waals surface area contributed by atoms with E-state index in [9.17, 15) is 30.7 Å². The second-order valence-corrected chi connectivity index (χ2v) is 9.41. The molecule has 46 heavy (non-hydrogen) atoms. The van der Waals surface area contributed by atoms with Crippen LogP contribution in [0.4, 0.5) is 30.7 Å². The molecule has 14 heteroatoms. The third kappa shape index (κ3) is 9.91. The van der Waals surface area contributed by atoms with Crippen molar-refractivity contribution in [3.63, 3.8) is 0 Å². The van der Waals surface area contributed by atoms with Crippen LogP contribution in [0.1, 0.15) is 22.4 Å². The molecule has 0 aliphatic rings. The maximum atomic E-state index is 13.3. The number of hydrogen-bond donors (Lipinski definition) is 0. The predicted octanol–water partition coefficient (Wildman–Crippen LogP) is 6.58. The zero-order valence-electron chi connectivity index (χ0n) is 23.9. The number of pyridine rings is 1. The van der Waals surface area contributed by atoms with Gasteiger partial charge in [-0.05, 0) is 25.1 Å². The van der Waals surface area contributed by atoms with Gasteiger partial charge in [0.15, 0.2) is 0 Å². The molecule has 0 saturated carbocycles. The molecule has 6 nitrogen and oxygen atoms in total. The monoisotopic (exact) mass is 818 g/mol. The van der Waals surface area contributed by atoms with E-state index in [1.165, 1.54) is 6.20 Å². The van der Waals surface area contributed by atoms with Gasteiger partial charge in [0.25, 0.3) is 0 Å². The van der Waals surface area contributed by atoms with Gasteiger partial charge in [0.1, 0.15) is 0 Å². The van der Waals surface area contributed by atoms with E-state index in [4.69, 9.17) is 0 Å². The summed E-state index contributed by atoms with van der Waals surface area (Å²) in [5, 5.41) is 3.91. The fourth-order valence-corrected chi connectivity index (χ4v) is 3.88. The largest absolute Gasteiger partial charge is 0.652 e. The van der Waals surface area contributed by atoms with Crippen LogP contribution in [-0.2, 0) is 39.4 Å². The Morgan fingerprint density at radius 2 is 1.52 bits per heavy atom. The van der Waals surface area contributed by atoms with Gasteiger partial charge < -0.3 is 4.98 Å². The van der Waals surface area contributed by atoms with E-state index in [-0.39, 0.29) is 38.9 Å². The van der Waals surface area contributed by atoms with Crippen molar-refractivity contribution in [3.05, 3.63) is 156 Å². The first-order valence-electron chi connectivity index (χ1n) is 13.1. The van der Waals surface area contributed by atoms with Crippen LogP contribution in [0.25, 0.3) is 11.4 Å². The van der Waals surface area contributed by atoms with Crippen molar-refractivity contribution in [2.75, 3.05) is 0 Å². The summed E-state index contributed by atoms with van der Waals surface area (Å²) in [6.07, 6.45) is 3.91. The third-order valence-corrected chi connectivity index (χ3v) is 6.08. The van der Waals surface area contributed by atoms with Gasteiger partial charge in [-0.3, -0.25) is 27.2 Å². The maximum absolute atomic E-state index is 13.3. The molecule has 0 aliphatic heterocycles. The quantitative estimate of drug-likeness (QED) is 0.112. The second kappa shape index (κ2) is 16.1. The number of aryl methyl sites for hydroxylation is 1. The smallest absolute Gasteiger partial charge is 0.396 e. The van der Waals surface area contributed by atoms with Crippen LogP contribution in [0.5, 0.6) is 0 Å². The van der Waals surface area contributed by atoms with Gasteiger partial charge in [0, 0.05) is 87.4 Å². The molecule has 4 aromatic heterocycles. The fraction of sp³-hybridized carbons (Fsp3) is 0.125. The number of rotatable bonds is 5. The summed E-state index contributed by atoms with van der Waals surface area (Å²) in [5.41, 5.74) is 0.959. The number of halogens is 7. The number of hydrogen-bond acceptors (Lipinski definition) is 2. The van der Waals surface area contributed by atoms with Gasteiger partial charge >= 0.3 is 6.18 Å². The molecule has 0 atom stereocenters. The summed E-state index contributed by atoms with van der Waals surface area (Å²) in [5.74, 6) is -2.43. The molecule has 0 unspecified atom stereocenters. The average Bonchev–Trinajstić information content (AvgIpc) is 3.75. The van der Waals surface area contributed by atoms with Crippen LogP contribution in [0, 0.1) is 49.4 Å². The summed E-state index contributed by atoms with van der Waals surface area (Å²) in [6, 6.07) is 18.6. The Balaban J connectivity index is 0.000000186. The topological polar surface area (TPSA) is 53.6 Å². The molecule has 0 N–H and O–H groups in total. The van der Waals surface area contributed by atoms with Crippen molar-refractivity contribution >= 4 is 0 Å². The van der Waals surface area contributed by atoms with Crippen LogP contribution in [0.15, 0.2) is 91.6 Å². The van der Waals surface area contributed by atoms with Crippen molar-refractivity contribution in [1.82, 2.24) is 24.4 Å². The van der Waals surface area contributed by atoms with Crippen LogP contribution in [0.2, 0.25) is 0 Å². The molecular formula is C32H24F7IrN6-3. The molecule has 6 rings (SSSR count). The Hall–Kier alpha value is -4.68. The zero-order valence-corrected chi connectivity index (χ0v) is 26.3. The summed E-state index contributed by atoms with van der Waals surface area (Å²) in [7, 11) is 3.69. The number of nitrogens with zero attached hydrogens (tertiary/aromatic N) is 6. The van der Waals surface area contributed by atoms with E-state index < -0.39 is 35.1 Å². The first-order chi connectivity index (χ1) is 21.4. The molecule has 2 aromatic carbocycles. The maximum Gasteiger partial charge on any atom is 0.396 e. The van der Waals surface area contributed by atoms with Gasteiger partial charge in [-0.25, -0.2) is 4.68 Å². The molecule has 0 bridgehead atoms. The van der Waals surface area contributed by atoms with E-state index in [0.717, 1.165) is 30.3 Å². The molecule has 0 saturated heterocycles. The van der Waals surface area contributed by atoms with Crippen molar-refractivity contribution in [1.29, 1.82) is 0 Å². The van der Waals surface area contributed by atoms with Crippen LogP contribution >= 0.6 is 0 Å². The minimum absolute atomic E-state index is 0. The van der Waals surface area contributed by atoms with E-state index in [0.29, 0.717) is 22.4 Å². The normalized spacial score (nSPS) is 10.7. The SMILES string of the molecule is Cc1cc(C(F)(F)F)[n-]c1-c1ccccn1.Fc1c[c-]c(Cn2cccn2)c(F)c1.[CH2-][n+]1cccn1Cc1[c-]cc(F)cc1F.[Ir]. The molecular weight excluding hydrogens is 794 g/mol.